The van der Waals surface area contributed by atoms with Crippen LogP contribution in [0.2, 0.25) is 0 Å². The second-order valence-electron chi connectivity index (χ2n) is 6.05. The van der Waals surface area contributed by atoms with E-state index in [9.17, 15) is 22.8 Å². The number of sulfonamides is 1. The van der Waals surface area contributed by atoms with Crippen molar-refractivity contribution in [2.75, 3.05) is 22.4 Å². The van der Waals surface area contributed by atoms with Crippen molar-refractivity contribution in [1.82, 2.24) is 0 Å². The van der Waals surface area contributed by atoms with E-state index in [-0.39, 0.29) is 17.3 Å². The van der Waals surface area contributed by atoms with Crippen LogP contribution in [0.3, 0.4) is 0 Å². The molecule has 0 aromatic heterocycles. The number of carbonyl (C=O) groups is 3. The predicted octanol–water partition coefficient (Wildman–Crippen LogP) is 2.50. The largest absolute Gasteiger partial charge is 0.325 e. The Morgan fingerprint density at radius 3 is 1.70 bits per heavy atom. The topological polar surface area (TPSA) is 101 Å². The Hall–Kier alpha value is -3.00. The van der Waals surface area contributed by atoms with Crippen LogP contribution < -0.4 is 9.62 Å². The second-order valence-corrected chi connectivity index (χ2v) is 7.96. The summed E-state index contributed by atoms with van der Waals surface area (Å²) in [6.45, 7) is 2.43. The molecule has 0 saturated heterocycles. The van der Waals surface area contributed by atoms with Gasteiger partial charge < -0.3 is 5.32 Å². The van der Waals surface area contributed by atoms with Gasteiger partial charge in [-0.25, -0.2) is 8.42 Å². The third kappa shape index (κ3) is 5.49. The van der Waals surface area contributed by atoms with E-state index >= 15 is 0 Å². The molecular weight excluding hydrogens is 368 g/mol. The van der Waals surface area contributed by atoms with E-state index in [2.05, 4.69) is 5.32 Å². The molecule has 7 nitrogen and oxygen atoms in total. The first-order valence-corrected chi connectivity index (χ1v) is 9.92. The van der Waals surface area contributed by atoms with Crippen LogP contribution in [0.25, 0.3) is 0 Å². The van der Waals surface area contributed by atoms with Gasteiger partial charge in [-0.3, -0.25) is 18.7 Å². The molecule has 0 saturated carbocycles. The van der Waals surface area contributed by atoms with Crippen molar-refractivity contribution < 1.29 is 22.8 Å². The van der Waals surface area contributed by atoms with E-state index in [1.807, 2.05) is 0 Å². The van der Waals surface area contributed by atoms with E-state index in [1.165, 1.54) is 38.1 Å². The minimum absolute atomic E-state index is 0.0925. The molecule has 2 aromatic carbocycles. The van der Waals surface area contributed by atoms with Crippen molar-refractivity contribution in [3.63, 3.8) is 0 Å². The molecule has 1 N–H and O–H groups in total. The molecule has 0 atom stereocenters. The van der Waals surface area contributed by atoms with Gasteiger partial charge in [-0.1, -0.05) is 0 Å². The van der Waals surface area contributed by atoms with Gasteiger partial charge in [0.2, 0.25) is 15.9 Å². The lowest BCUT2D eigenvalue weighted by molar-refractivity contribution is -0.114. The Labute approximate surface area is 158 Å². The number of nitrogens with one attached hydrogen (secondary N) is 1. The van der Waals surface area contributed by atoms with Crippen LogP contribution in [0.4, 0.5) is 11.4 Å². The van der Waals surface area contributed by atoms with E-state index in [0.717, 1.165) is 10.6 Å². The zero-order valence-corrected chi connectivity index (χ0v) is 16.0. The van der Waals surface area contributed by atoms with Crippen molar-refractivity contribution >= 4 is 38.9 Å². The summed E-state index contributed by atoms with van der Waals surface area (Å²) in [6.07, 6.45) is 1.00. The maximum atomic E-state index is 12.3. The maximum Gasteiger partial charge on any atom is 0.245 e. The molecule has 0 aliphatic heterocycles. The summed E-state index contributed by atoms with van der Waals surface area (Å²) in [7, 11) is -3.71. The van der Waals surface area contributed by atoms with Crippen LogP contribution in [-0.4, -0.2) is 38.7 Å². The third-order valence-corrected chi connectivity index (χ3v) is 4.97. The quantitative estimate of drug-likeness (QED) is 0.735. The normalized spacial score (nSPS) is 10.9. The number of nitrogens with zero attached hydrogens (tertiary/aromatic N) is 1. The standard InChI is InChI=1S/C19H20N2O5S/c1-13(22)15-4-8-17(9-5-15)20-19(24)12-21(27(3,25)26)18-10-6-16(7-11-18)14(2)23/h4-11H,12H2,1-3H3,(H,20,24). The molecule has 0 aliphatic rings. The molecule has 0 heterocycles. The highest BCUT2D eigenvalue weighted by molar-refractivity contribution is 7.92. The number of hydrogen-bond donors (Lipinski definition) is 1. The monoisotopic (exact) mass is 388 g/mol. The maximum absolute atomic E-state index is 12.3. The van der Waals surface area contributed by atoms with Crippen molar-refractivity contribution in [3.05, 3.63) is 59.7 Å². The molecule has 2 rings (SSSR count). The Morgan fingerprint density at radius 2 is 1.30 bits per heavy atom. The Kier molecular flexibility index (Phi) is 6.12. The van der Waals surface area contributed by atoms with Crippen molar-refractivity contribution in [2.45, 2.75) is 13.8 Å². The fourth-order valence-corrected chi connectivity index (χ4v) is 3.24. The summed E-state index contributed by atoms with van der Waals surface area (Å²) in [4.78, 5) is 34.9. The third-order valence-electron chi connectivity index (χ3n) is 3.82. The number of Topliss-reactive ketones (excluding diaryl/α,β-unsaturated/α-hetero) is 2. The van der Waals surface area contributed by atoms with Crippen LogP contribution in [0.5, 0.6) is 0 Å². The number of hydrogen-bond acceptors (Lipinski definition) is 5. The summed E-state index contributed by atoms with van der Waals surface area (Å²) in [5.74, 6) is -0.768. The molecule has 0 spiro atoms. The molecule has 1 amide bonds. The Balaban J connectivity index is 2.17. The Morgan fingerprint density at radius 1 is 0.852 bits per heavy atom. The number of carbonyl (C=O) groups excluding carboxylic acids is 3. The van der Waals surface area contributed by atoms with E-state index in [0.29, 0.717) is 16.8 Å². The molecule has 0 bridgehead atoms. The van der Waals surface area contributed by atoms with Crippen LogP contribution in [-0.2, 0) is 14.8 Å². The summed E-state index contributed by atoms with van der Waals surface area (Å²) >= 11 is 0. The van der Waals surface area contributed by atoms with Gasteiger partial charge in [0.15, 0.2) is 11.6 Å². The van der Waals surface area contributed by atoms with Crippen molar-refractivity contribution in [1.29, 1.82) is 0 Å². The van der Waals surface area contributed by atoms with Crippen molar-refractivity contribution in [3.8, 4) is 0 Å². The molecule has 0 aliphatic carbocycles. The molecule has 0 radical (unpaired) electrons. The highest BCUT2D eigenvalue weighted by Gasteiger charge is 2.21. The van der Waals surface area contributed by atoms with Gasteiger partial charge in [-0.15, -0.1) is 0 Å². The molecule has 0 unspecified atom stereocenters. The molecule has 0 fully saturated rings. The smallest absolute Gasteiger partial charge is 0.245 e. The van der Waals surface area contributed by atoms with Crippen LogP contribution in [0.1, 0.15) is 34.6 Å². The average Bonchev–Trinajstić information content (AvgIpc) is 2.59. The second kappa shape index (κ2) is 8.13. The van der Waals surface area contributed by atoms with E-state index < -0.39 is 22.5 Å². The number of benzene rings is 2. The van der Waals surface area contributed by atoms with Gasteiger partial charge in [-0.2, -0.15) is 0 Å². The van der Waals surface area contributed by atoms with Crippen molar-refractivity contribution in [2.24, 2.45) is 0 Å². The van der Waals surface area contributed by atoms with Gasteiger partial charge >= 0.3 is 0 Å². The lowest BCUT2D eigenvalue weighted by Gasteiger charge is -2.22. The average molecular weight is 388 g/mol. The van der Waals surface area contributed by atoms with Gasteiger partial charge in [-0.05, 0) is 62.4 Å². The number of anilines is 2. The van der Waals surface area contributed by atoms with E-state index in [1.54, 1.807) is 24.3 Å². The minimum atomic E-state index is -3.71. The summed E-state index contributed by atoms with van der Waals surface area (Å²) in [6, 6.07) is 12.3. The number of rotatable bonds is 7. The molecule has 27 heavy (non-hydrogen) atoms. The Bertz CT molecular complexity index is 964. The highest BCUT2D eigenvalue weighted by Crippen LogP contribution is 2.19. The van der Waals surface area contributed by atoms with Gasteiger partial charge in [0.1, 0.15) is 6.54 Å². The van der Waals surface area contributed by atoms with Gasteiger partial charge in [0, 0.05) is 16.8 Å². The molecular formula is C19H20N2O5S. The SMILES string of the molecule is CC(=O)c1ccc(NC(=O)CN(c2ccc(C(C)=O)cc2)S(C)(=O)=O)cc1. The first kappa shape index (κ1) is 20.3. The molecule has 8 heteroatoms. The first-order chi connectivity index (χ1) is 12.6. The minimum Gasteiger partial charge on any atom is -0.325 e. The van der Waals surface area contributed by atoms with Gasteiger partial charge in [0.25, 0.3) is 0 Å². The fraction of sp³-hybridized carbons (Fsp3) is 0.211. The summed E-state index contributed by atoms with van der Waals surface area (Å²) < 4.78 is 25.2. The van der Waals surface area contributed by atoms with Crippen LogP contribution in [0.15, 0.2) is 48.5 Å². The summed E-state index contributed by atoms with van der Waals surface area (Å²) in [5.41, 5.74) is 1.69. The first-order valence-electron chi connectivity index (χ1n) is 8.07. The lowest BCUT2D eigenvalue weighted by atomic mass is 10.1. The fourth-order valence-electron chi connectivity index (χ4n) is 2.38. The predicted molar refractivity (Wildman–Crippen MR) is 104 cm³/mol. The molecule has 142 valence electrons. The zero-order chi connectivity index (χ0) is 20.2. The van der Waals surface area contributed by atoms with E-state index in [4.69, 9.17) is 0 Å². The zero-order valence-electron chi connectivity index (χ0n) is 15.2. The molecule has 2 aromatic rings. The number of amides is 1. The summed E-state index contributed by atoms with van der Waals surface area (Å²) in [5, 5.41) is 2.60. The van der Waals surface area contributed by atoms with Crippen LogP contribution >= 0.6 is 0 Å². The highest BCUT2D eigenvalue weighted by atomic mass is 32.2. The lowest BCUT2D eigenvalue weighted by Crippen LogP contribution is -2.37. The van der Waals surface area contributed by atoms with Crippen LogP contribution in [0, 0.1) is 0 Å². The van der Waals surface area contributed by atoms with Gasteiger partial charge in [0.05, 0.1) is 11.9 Å². The number of ketones is 2.